The maximum atomic E-state index is 9.80. The normalized spacial score (nSPS) is 10.9. The van der Waals surface area contributed by atoms with Crippen LogP contribution in [-0.2, 0) is 6.54 Å². The van der Waals surface area contributed by atoms with Crippen molar-refractivity contribution in [2.45, 2.75) is 13.5 Å². The number of hydrogen-bond donors (Lipinski definition) is 4. The SMILES string of the molecule is COc1nnc(-c2c(C)[nH]c3cccc(B(O)O)c23)nc1NCc1ccccc1. The minimum absolute atomic E-state index is 0.282. The van der Waals surface area contributed by atoms with Crippen LogP contribution in [0.25, 0.3) is 22.3 Å². The average Bonchev–Trinajstić information content (AvgIpc) is 3.08. The molecule has 0 saturated heterocycles. The summed E-state index contributed by atoms with van der Waals surface area (Å²) in [7, 11) is -0.106. The van der Waals surface area contributed by atoms with Crippen LogP contribution in [0, 0.1) is 6.92 Å². The van der Waals surface area contributed by atoms with E-state index in [0.29, 0.717) is 34.6 Å². The van der Waals surface area contributed by atoms with E-state index in [1.165, 1.54) is 7.11 Å². The van der Waals surface area contributed by atoms with Crippen LogP contribution in [-0.4, -0.2) is 44.4 Å². The molecule has 0 aliphatic heterocycles. The topological polar surface area (TPSA) is 116 Å². The maximum absolute atomic E-state index is 9.80. The first-order valence-corrected chi connectivity index (χ1v) is 9.12. The van der Waals surface area contributed by atoms with E-state index in [-0.39, 0.29) is 5.88 Å². The number of ether oxygens (including phenoxy) is 1. The summed E-state index contributed by atoms with van der Waals surface area (Å²) in [4.78, 5) is 7.86. The van der Waals surface area contributed by atoms with Crippen molar-refractivity contribution in [3.63, 3.8) is 0 Å². The van der Waals surface area contributed by atoms with Crippen LogP contribution in [0.5, 0.6) is 5.88 Å². The van der Waals surface area contributed by atoms with Crippen LogP contribution in [0.4, 0.5) is 5.82 Å². The minimum atomic E-state index is -1.62. The molecule has 8 nitrogen and oxygen atoms in total. The smallest absolute Gasteiger partial charge is 0.477 e. The molecule has 0 fully saturated rings. The second kappa shape index (κ2) is 7.90. The van der Waals surface area contributed by atoms with Crippen molar-refractivity contribution in [3.05, 3.63) is 59.8 Å². The fourth-order valence-corrected chi connectivity index (χ4v) is 3.36. The van der Waals surface area contributed by atoms with Gasteiger partial charge in [-0.15, -0.1) is 10.2 Å². The van der Waals surface area contributed by atoms with Crippen LogP contribution >= 0.6 is 0 Å². The van der Waals surface area contributed by atoms with Crippen LogP contribution < -0.4 is 15.5 Å². The Kier molecular flexibility index (Phi) is 5.15. The third-order valence-corrected chi connectivity index (χ3v) is 4.70. The van der Waals surface area contributed by atoms with Gasteiger partial charge in [0.2, 0.25) is 0 Å². The Bertz CT molecular complexity index is 1150. The van der Waals surface area contributed by atoms with E-state index in [1.54, 1.807) is 12.1 Å². The van der Waals surface area contributed by atoms with Crippen molar-refractivity contribution >= 4 is 29.3 Å². The van der Waals surface area contributed by atoms with Crippen molar-refractivity contribution in [1.29, 1.82) is 0 Å². The summed E-state index contributed by atoms with van der Waals surface area (Å²) < 4.78 is 5.30. The predicted octanol–water partition coefficient (Wildman–Crippen LogP) is 1.63. The highest BCUT2D eigenvalue weighted by molar-refractivity contribution is 6.62. The largest absolute Gasteiger partial charge is 0.489 e. The highest BCUT2D eigenvalue weighted by Crippen LogP contribution is 2.31. The number of nitrogens with zero attached hydrogens (tertiary/aromatic N) is 3. The average molecular weight is 389 g/mol. The lowest BCUT2D eigenvalue weighted by Gasteiger charge is -2.11. The predicted molar refractivity (Wildman–Crippen MR) is 112 cm³/mol. The Morgan fingerprint density at radius 1 is 1.07 bits per heavy atom. The Morgan fingerprint density at radius 2 is 1.86 bits per heavy atom. The summed E-state index contributed by atoms with van der Waals surface area (Å²) in [5.74, 6) is 1.10. The highest BCUT2D eigenvalue weighted by atomic mass is 16.5. The number of anilines is 1. The van der Waals surface area contributed by atoms with E-state index in [9.17, 15) is 10.0 Å². The molecule has 0 atom stereocenters. The molecule has 2 heterocycles. The lowest BCUT2D eigenvalue weighted by Crippen LogP contribution is -2.30. The van der Waals surface area contributed by atoms with Gasteiger partial charge in [-0.1, -0.05) is 42.5 Å². The van der Waals surface area contributed by atoms with Crippen molar-refractivity contribution in [1.82, 2.24) is 20.2 Å². The fourth-order valence-electron chi connectivity index (χ4n) is 3.36. The van der Waals surface area contributed by atoms with Gasteiger partial charge in [0.15, 0.2) is 11.6 Å². The molecule has 0 spiro atoms. The molecule has 9 heteroatoms. The summed E-state index contributed by atoms with van der Waals surface area (Å²) in [5.41, 5.74) is 3.70. The standard InChI is InChI=1S/C20H20BN5O3/c1-12-16(17-14(21(27)28)9-6-10-15(17)23-12)18-24-19(20(29-2)26-25-18)22-11-13-7-4-3-5-8-13/h3-10,23,27-28H,11H2,1-2H3,(H,22,24,25). The first-order valence-electron chi connectivity index (χ1n) is 9.12. The van der Waals surface area contributed by atoms with Gasteiger partial charge in [-0.2, -0.15) is 0 Å². The number of nitrogens with one attached hydrogen (secondary N) is 2. The zero-order chi connectivity index (χ0) is 20.4. The third-order valence-electron chi connectivity index (χ3n) is 4.70. The van der Waals surface area contributed by atoms with Gasteiger partial charge in [-0.3, -0.25) is 0 Å². The van der Waals surface area contributed by atoms with Crippen molar-refractivity contribution in [3.8, 4) is 17.3 Å². The maximum Gasteiger partial charge on any atom is 0.489 e. The van der Waals surface area contributed by atoms with E-state index >= 15 is 0 Å². The van der Waals surface area contributed by atoms with E-state index in [4.69, 9.17) is 4.74 Å². The first kappa shape index (κ1) is 18.9. The molecule has 4 N–H and O–H groups in total. The number of methoxy groups -OCH3 is 1. The lowest BCUT2D eigenvalue weighted by molar-refractivity contribution is 0.391. The van der Waals surface area contributed by atoms with Crippen LogP contribution in [0.15, 0.2) is 48.5 Å². The van der Waals surface area contributed by atoms with Gasteiger partial charge in [-0.05, 0) is 24.0 Å². The number of aromatic nitrogens is 4. The van der Waals surface area contributed by atoms with Crippen LogP contribution in [0.1, 0.15) is 11.3 Å². The highest BCUT2D eigenvalue weighted by Gasteiger charge is 2.23. The monoisotopic (exact) mass is 389 g/mol. The summed E-state index contributed by atoms with van der Waals surface area (Å²) in [6.45, 7) is 2.43. The number of benzene rings is 2. The summed E-state index contributed by atoms with van der Waals surface area (Å²) in [6.07, 6.45) is 0. The van der Waals surface area contributed by atoms with Gasteiger partial charge in [0.1, 0.15) is 0 Å². The van der Waals surface area contributed by atoms with Gasteiger partial charge < -0.3 is 25.1 Å². The molecule has 0 aliphatic rings. The van der Waals surface area contributed by atoms with Crippen molar-refractivity contribution in [2.24, 2.45) is 0 Å². The minimum Gasteiger partial charge on any atom is -0.477 e. The Balaban J connectivity index is 1.79. The molecule has 29 heavy (non-hydrogen) atoms. The molecule has 0 unspecified atom stereocenters. The van der Waals surface area contributed by atoms with Gasteiger partial charge in [0, 0.05) is 28.7 Å². The van der Waals surface area contributed by atoms with Gasteiger partial charge in [0.05, 0.1) is 7.11 Å². The molecule has 0 aliphatic carbocycles. The Morgan fingerprint density at radius 3 is 2.59 bits per heavy atom. The number of H-pyrrole nitrogens is 1. The number of hydrogen-bond acceptors (Lipinski definition) is 7. The molecule has 0 amide bonds. The Labute approximate surface area is 167 Å². The number of rotatable bonds is 6. The molecule has 4 aromatic rings. The van der Waals surface area contributed by atoms with Gasteiger partial charge in [-0.25, -0.2) is 4.98 Å². The van der Waals surface area contributed by atoms with Gasteiger partial charge >= 0.3 is 7.12 Å². The summed E-state index contributed by atoms with van der Waals surface area (Å²) in [6, 6.07) is 15.2. The second-order valence-electron chi connectivity index (χ2n) is 6.60. The summed E-state index contributed by atoms with van der Waals surface area (Å²) in [5, 5.41) is 31.9. The van der Waals surface area contributed by atoms with Crippen molar-refractivity contribution < 1.29 is 14.8 Å². The zero-order valence-electron chi connectivity index (χ0n) is 16.0. The van der Waals surface area contributed by atoms with Crippen LogP contribution in [0.2, 0.25) is 0 Å². The molecule has 4 rings (SSSR count). The van der Waals surface area contributed by atoms with E-state index in [2.05, 4.69) is 25.5 Å². The van der Waals surface area contributed by atoms with Crippen molar-refractivity contribution in [2.75, 3.05) is 12.4 Å². The lowest BCUT2D eigenvalue weighted by atomic mass is 9.77. The second-order valence-corrected chi connectivity index (χ2v) is 6.60. The molecule has 0 saturated carbocycles. The van der Waals surface area contributed by atoms with E-state index in [1.807, 2.05) is 43.3 Å². The molecule has 2 aromatic heterocycles. The fraction of sp³-hybridized carbons (Fsp3) is 0.150. The number of fused-ring (bicyclic) bond motifs is 1. The van der Waals surface area contributed by atoms with Crippen LogP contribution in [0.3, 0.4) is 0 Å². The first-order chi connectivity index (χ1) is 14.1. The number of aryl methyl sites for hydroxylation is 1. The molecule has 0 radical (unpaired) electrons. The third kappa shape index (κ3) is 3.65. The summed E-state index contributed by atoms with van der Waals surface area (Å²) >= 11 is 0. The van der Waals surface area contributed by atoms with E-state index in [0.717, 1.165) is 16.8 Å². The molecule has 0 bridgehead atoms. The van der Waals surface area contributed by atoms with Gasteiger partial charge in [0.25, 0.3) is 5.88 Å². The Hall–Kier alpha value is -3.43. The zero-order valence-corrected chi connectivity index (χ0v) is 16.0. The molecular weight excluding hydrogens is 369 g/mol. The number of aromatic amines is 1. The van der Waals surface area contributed by atoms with E-state index < -0.39 is 7.12 Å². The molecular formula is C20H20BN5O3. The molecule has 146 valence electrons. The quantitative estimate of drug-likeness (QED) is 0.371. The molecule has 2 aromatic carbocycles.